The number of nitrogens with zero attached hydrogens (tertiary/aromatic N) is 4. The maximum atomic E-state index is 11.0. The highest BCUT2D eigenvalue weighted by molar-refractivity contribution is 6.14. The van der Waals surface area contributed by atoms with Crippen molar-refractivity contribution in [2.45, 2.75) is 19.8 Å². The van der Waals surface area contributed by atoms with Gasteiger partial charge in [0.1, 0.15) is 5.82 Å². The van der Waals surface area contributed by atoms with Crippen LogP contribution in [0.2, 0.25) is 0 Å². The van der Waals surface area contributed by atoms with Crippen LogP contribution in [0.4, 0.5) is 5.69 Å². The summed E-state index contributed by atoms with van der Waals surface area (Å²) in [6.45, 7) is 2.25. The fourth-order valence-electron chi connectivity index (χ4n) is 3.54. The number of fused-ring (bicyclic) bond motifs is 3. The van der Waals surface area contributed by atoms with E-state index in [-0.39, 0.29) is 24.9 Å². The molecular formula is C20H17ClN4O4. The van der Waals surface area contributed by atoms with Crippen molar-refractivity contribution in [3.05, 3.63) is 80.9 Å². The normalized spacial score (nSPS) is 13.6. The number of rotatable bonds is 3. The van der Waals surface area contributed by atoms with Gasteiger partial charge in [0.2, 0.25) is 6.79 Å². The summed E-state index contributed by atoms with van der Waals surface area (Å²) in [5.41, 5.74) is 4.48. The van der Waals surface area contributed by atoms with Crippen molar-refractivity contribution in [1.29, 1.82) is 0 Å². The van der Waals surface area contributed by atoms with Crippen molar-refractivity contribution in [2.75, 3.05) is 6.79 Å². The van der Waals surface area contributed by atoms with E-state index in [1.54, 1.807) is 12.1 Å². The summed E-state index contributed by atoms with van der Waals surface area (Å²) in [6, 6.07) is 10.3. The quantitative estimate of drug-likeness (QED) is 0.378. The first kappa shape index (κ1) is 18.9. The summed E-state index contributed by atoms with van der Waals surface area (Å²) in [5, 5.41) is 15.9. The van der Waals surface area contributed by atoms with Gasteiger partial charge in [0.15, 0.2) is 11.5 Å². The van der Waals surface area contributed by atoms with E-state index in [1.807, 2.05) is 23.0 Å². The number of aryl methyl sites for hydroxylation is 1. The Balaban J connectivity index is 0.00000205. The van der Waals surface area contributed by atoms with Gasteiger partial charge in [-0.15, -0.1) is 12.4 Å². The summed E-state index contributed by atoms with van der Waals surface area (Å²) < 4.78 is 13.0. The second-order valence-electron chi connectivity index (χ2n) is 6.62. The van der Waals surface area contributed by atoms with Crippen LogP contribution in [-0.2, 0) is 12.8 Å². The molecule has 0 saturated heterocycles. The maximum Gasteiger partial charge on any atom is 0.269 e. The summed E-state index contributed by atoms with van der Waals surface area (Å²) in [4.78, 5) is 15.1. The third-order valence-corrected chi connectivity index (χ3v) is 5.00. The Bertz CT molecular complexity index is 1140. The highest BCUT2D eigenvalue weighted by Crippen LogP contribution is 2.37. The van der Waals surface area contributed by atoms with Crippen molar-refractivity contribution in [3.8, 4) is 11.5 Å². The zero-order chi connectivity index (χ0) is 19.3. The second kappa shape index (κ2) is 7.21. The molecule has 9 heteroatoms. The first-order chi connectivity index (χ1) is 13.6. The van der Waals surface area contributed by atoms with Crippen LogP contribution in [0.25, 0.3) is 0 Å². The lowest BCUT2D eigenvalue weighted by molar-refractivity contribution is -0.384. The number of halogens is 1. The van der Waals surface area contributed by atoms with Gasteiger partial charge in [-0.2, -0.15) is 5.10 Å². The smallest absolute Gasteiger partial charge is 0.269 e. The third kappa shape index (κ3) is 3.11. The van der Waals surface area contributed by atoms with Crippen molar-refractivity contribution < 1.29 is 14.4 Å². The van der Waals surface area contributed by atoms with Crippen LogP contribution in [0.15, 0.2) is 47.7 Å². The number of hydrogen-bond donors (Lipinski definition) is 0. The lowest BCUT2D eigenvalue weighted by atomic mass is 9.95. The molecule has 0 spiro atoms. The largest absolute Gasteiger partial charge is 0.454 e. The van der Waals surface area contributed by atoms with E-state index in [0.717, 1.165) is 40.3 Å². The minimum Gasteiger partial charge on any atom is -0.454 e. The van der Waals surface area contributed by atoms with Crippen LogP contribution in [-0.4, -0.2) is 27.1 Å². The molecule has 2 aliphatic rings. The van der Waals surface area contributed by atoms with Gasteiger partial charge in [-0.25, -0.2) is 9.66 Å². The molecule has 3 heterocycles. The first-order valence-electron chi connectivity index (χ1n) is 8.96. The Morgan fingerprint density at radius 3 is 2.59 bits per heavy atom. The Morgan fingerprint density at radius 2 is 1.90 bits per heavy atom. The summed E-state index contributed by atoms with van der Waals surface area (Å²) in [7, 11) is 0. The Kier molecular flexibility index (Phi) is 4.71. The summed E-state index contributed by atoms with van der Waals surface area (Å²) in [6.07, 6.45) is 3.24. The van der Waals surface area contributed by atoms with Gasteiger partial charge in [0, 0.05) is 29.7 Å². The molecular weight excluding hydrogens is 396 g/mol. The second-order valence-corrected chi connectivity index (χ2v) is 6.62. The Labute approximate surface area is 172 Å². The van der Waals surface area contributed by atoms with Gasteiger partial charge in [0.25, 0.3) is 5.69 Å². The van der Waals surface area contributed by atoms with Crippen LogP contribution < -0.4 is 9.47 Å². The van der Waals surface area contributed by atoms with Gasteiger partial charge in [-0.3, -0.25) is 10.1 Å². The van der Waals surface area contributed by atoms with E-state index in [2.05, 4.69) is 11.9 Å². The number of imidazole rings is 1. The Hall–Kier alpha value is -3.39. The molecule has 0 N–H and O–H groups in total. The molecule has 2 aliphatic heterocycles. The van der Waals surface area contributed by atoms with Crippen LogP contribution in [0.1, 0.15) is 35.1 Å². The topological polar surface area (TPSA) is 91.8 Å². The molecule has 3 aromatic rings. The predicted molar refractivity (Wildman–Crippen MR) is 108 cm³/mol. The number of aromatic nitrogens is 2. The van der Waals surface area contributed by atoms with E-state index in [1.165, 1.54) is 12.1 Å². The molecule has 0 aliphatic carbocycles. The number of hydrogen-bond acceptors (Lipinski definition) is 6. The Morgan fingerprint density at radius 1 is 1.17 bits per heavy atom. The van der Waals surface area contributed by atoms with Gasteiger partial charge in [-0.05, 0) is 36.2 Å². The van der Waals surface area contributed by atoms with Crippen LogP contribution in [0, 0.1) is 10.1 Å². The van der Waals surface area contributed by atoms with Crippen LogP contribution in [0.5, 0.6) is 11.5 Å². The fourth-order valence-corrected chi connectivity index (χ4v) is 3.54. The standard InChI is InChI=1S/C20H16N4O4.ClH/c1-2-14-10-21-19-8-13-7-17-18(28-11-27-17)9-16(13)20(22-23(14)19)12-3-5-15(6-4-12)24(25)26;/h3-7,9-10H,2,8,11H2,1H3;1H. The van der Waals surface area contributed by atoms with Crippen molar-refractivity contribution >= 4 is 23.8 Å². The number of non-ortho nitro benzene ring substituents is 1. The van der Waals surface area contributed by atoms with E-state index >= 15 is 0 Å². The average molecular weight is 413 g/mol. The van der Waals surface area contributed by atoms with Gasteiger partial charge in [-0.1, -0.05) is 6.92 Å². The summed E-state index contributed by atoms with van der Waals surface area (Å²) in [5.74, 6) is 2.22. The zero-order valence-corrected chi connectivity index (χ0v) is 16.3. The SMILES string of the molecule is CCc1cnc2n1N=C(c1ccc([N+](=O)[O-])cc1)c1cc3c(cc1C2)OCO3.Cl. The first-order valence-corrected chi connectivity index (χ1v) is 8.96. The minimum absolute atomic E-state index is 0. The monoisotopic (exact) mass is 412 g/mol. The molecule has 0 atom stereocenters. The molecule has 1 aromatic heterocycles. The fraction of sp³-hybridized carbons (Fsp3) is 0.200. The van der Waals surface area contributed by atoms with Gasteiger partial charge in [0.05, 0.1) is 22.5 Å². The molecule has 5 rings (SSSR count). The highest BCUT2D eigenvalue weighted by atomic mass is 35.5. The van der Waals surface area contributed by atoms with Gasteiger partial charge < -0.3 is 9.47 Å². The lowest BCUT2D eigenvalue weighted by Crippen LogP contribution is -2.08. The highest BCUT2D eigenvalue weighted by Gasteiger charge is 2.25. The number of ether oxygens (including phenoxy) is 2. The van der Waals surface area contributed by atoms with E-state index in [4.69, 9.17) is 14.6 Å². The van der Waals surface area contributed by atoms with Crippen molar-refractivity contribution in [2.24, 2.45) is 5.10 Å². The third-order valence-electron chi connectivity index (χ3n) is 5.00. The molecule has 0 unspecified atom stereocenters. The minimum atomic E-state index is -0.409. The zero-order valence-electron chi connectivity index (χ0n) is 15.5. The summed E-state index contributed by atoms with van der Waals surface area (Å²) >= 11 is 0. The lowest BCUT2D eigenvalue weighted by Gasteiger charge is -2.11. The van der Waals surface area contributed by atoms with Crippen molar-refractivity contribution in [1.82, 2.24) is 9.66 Å². The van der Waals surface area contributed by atoms with E-state index in [0.29, 0.717) is 17.9 Å². The molecule has 0 saturated carbocycles. The molecule has 0 amide bonds. The molecule has 2 aromatic carbocycles. The van der Waals surface area contributed by atoms with E-state index < -0.39 is 4.92 Å². The molecule has 0 bridgehead atoms. The van der Waals surface area contributed by atoms with Crippen molar-refractivity contribution in [3.63, 3.8) is 0 Å². The van der Waals surface area contributed by atoms with Crippen LogP contribution >= 0.6 is 12.4 Å². The number of nitro benzene ring substituents is 1. The number of nitro groups is 1. The molecule has 29 heavy (non-hydrogen) atoms. The van der Waals surface area contributed by atoms with Crippen LogP contribution in [0.3, 0.4) is 0 Å². The molecule has 0 radical (unpaired) electrons. The molecule has 148 valence electrons. The van der Waals surface area contributed by atoms with E-state index in [9.17, 15) is 10.1 Å². The maximum absolute atomic E-state index is 11.0. The predicted octanol–water partition coefficient (Wildman–Crippen LogP) is 3.71. The molecule has 0 fully saturated rings. The average Bonchev–Trinajstić information content (AvgIpc) is 3.28. The molecule has 8 nitrogen and oxygen atoms in total. The van der Waals surface area contributed by atoms with Gasteiger partial charge >= 0.3 is 0 Å². The number of benzene rings is 2.